The Morgan fingerprint density at radius 1 is 1.04 bits per heavy atom. The van der Waals surface area contributed by atoms with Crippen LogP contribution in [0.5, 0.6) is 0 Å². The zero-order chi connectivity index (χ0) is 18.9. The van der Waals surface area contributed by atoms with Crippen LogP contribution in [0.3, 0.4) is 0 Å². The van der Waals surface area contributed by atoms with Crippen LogP contribution < -0.4 is 4.72 Å². The van der Waals surface area contributed by atoms with Gasteiger partial charge in [-0.1, -0.05) is 47.5 Å². The van der Waals surface area contributed by atoms with Gasteiger partial charge in [0.1, 0.15) is 4.90 Å². The summed E-state index contributed by atoms with van der Waals surface area (Å²) in [6, 6.07) is 14.2. The van der Waals surface area contributed by atoms with Crippen molar-refractivity contribution in [1.82, 2.24) is 14.5 Å². The zero-order valence-corrected chi connectivity index (χ0v) is 16.5. The molecule has 1 N–H and O–H groups in total. The second-order valence-electron chi connectivity index (χ2n) is 5.77. The molecular formula is C18H17Cl2N3O2S. The fraction of sp³-hybridized carbons (Fsp3) is 0.167. The average Bonchev–Trinajstić information content (AvgIpc) is 2.90. The summed E-state index contributed by atoms with van der Waals surface area (Å²) in [5.41, 5.74) is 3.36. The minimum Gasteiger partial charge on any atom is -0.238 e. The van der Waals surface area contributed by atoms with Gasteiger partial charge in [-0.3, -0.25) is 0 Å². The molecule has 0 amide bonds. The standard InChI is InChI=1S/C18H17Cl2N3O2S/c1-12-15(13(2)23(22-12)14-7-4-3-5-8-14)11-21-26(24,25)17-10-6-9-16(19)18(17)20/h3-10,21H,11H2,1-2H3. The van der Waals surface area contributed by atoms with E-state index >= 15 is 0 Å². The van der Waals surface area contributed by atoms with E-state index in [9.17, 15) is 8.42 Å². The van der Waals surface area contributed by atoms with E-state index in [1.54, 1.807) is 16.8 Å². The summed E-state index contributed by atoms with van der Waals surface area (Å²) >= 11 is 12.0. The van der Waals surface area contributed by atoms with E-state index in [4.69, 9.17) is 23.2 Å². The van der Waals surface area contributed by atoms with Crippen molar-refractivity contribution in [3.8, 4) is 5.69 Å². The normalized spacial score (nSPS) is 11.7. The van der Waals surface area contributed by atoms with Crippen molar-refractivity contribution in [3.63, 3.8) is 0 Å². The van der Waals surface area contributed by atoms with Crippen molar-refractivity contribution in [2.24, 2.45) is 0 Å². The van der Waals surface area contributed by atoms with Crippen molar-refractivity contribution < 1.29 is 8.42 Å². The highest BCUT2D eigenvalue weighted by molar-refractivity contribution is 7.89. The summed E-state index contributed by atoms with van der Waals surface area (Å²) in [5.74, 6) is 0. The van der Waals surface area contributed by atoms with E-state index < -0.39 is 10.0 Å². The molecule has 0 spiro atoms. The lowest BCUT2D eigenvalue weighted by molar-refractivity contribution is 0.581. The molecule has 1 heterocycles. The molecule has 0 fully saturated rings. The Kier molecular flexibility index (Phi) is 5.39. The van der Waals surface area contributed by atoms with E-state index in [1.807, 2.05) is 44.2 Å². The Morgan fingerprint density at radius 2 is 1.73 bits per heavy atom. The molecule has 0 bridgehead atoms. The van der Waals surface area contributed by atoms with E-state index in [1.165, 1.54) is 6.07 Å². The lowest BCUT2D eigenvalue weighted by atomic mass is 10.2. The zero-order valence-electron chi connectivity index (χ0n) is 14.2. The highest BCUT2D eigenvalue weighted by atomic mass is 35.5. The molecule has 0 radical (unpaired) electrons. The van der Waals surface area contributed by atoms with Gasteiger partial charge in [-0.15, -0.1) is 0 Å². The van der Waals surface area contributed by atoms with Crippen LogP contribution >= 0.6 is 23.2 Å². The maximum Gasteiger partial charge on any atom is 0.242 e. The second-order valence-corrected chi connectivity index (χ2v) is 8.29. The number of aromatic nitrogens is 2. The Morgan fingerprint density at radius 3 is 2.42 bits per heavy atom. The molecule has 0 aliphatic carbocycles. The van der Waals surface area contributed by atoms with Crippen LogP contribution in [0.1, 0.15) is 17.0 Å². The highest BCUT2D eigenvalue weighted by Gasteiger charge is 2.21. The SMILES string of the molecule is Cc1nn(-c2ccccc2)c(C)c1CNS(=O)(=O)c1cccc(Cl)c1Cl. The molecule has 26 heavy (non-hydrogen) atoms. The molecule has 0 unspecified atom stereocenters. The Bertz CT molecular complexity index is 1050. The first-order chi connectivity index (χ1) is 12.3. The molecule has 0 aliphatic heterocycles. The molecule has 2 aromatic carbocycles. The number of benzene rings is 2. The van der Waals surface area contributed by atoms with Crippen molar-refractivity contribution in [2.45, 2.75) is 25.3 Å². The lowest BCUT2D eigenvalue weighted by Crippen LogP contribution is -2.24. The molecule has 5 nitrogen and oxygen atoms in total. The number of hydrogen-bond acceptors (Lipinski definition) is 3. The van der Waals surface area contributed by atoms with Crippen molar-refractivity contribution >= 4 is 33.2 Å². The number of para-hydroxylation sites is 1. The van der Waals surface area contributed by atoms with Gasteiger partial charge in [0.25, 0.3) is 0 Å². The third kappa shape index (κ3) is 3.64. The summed E-state index contributed by atoms with van der Waals surface area (Å²) in [6.07, 6.45) is 0. The van der Waals surface area contributed by atoms with E-state index in [-0.39, 0.29) is 21.5 Å². The molecule has 136 valence electrons. The number of hydrogen-bond donors (Lipinski definition) is 1. The first-order valence-electron chi connectivity index (χ1n) is 7.85. The van der Waals surface area contributed by atoms with Crippen LogP contribution in [0.25, 0.3) is 5.69 Å². The minimum absolute atomic E-state index is 0.00934. The van der Waals surface area contributed by atoms with Crippen LogP contribution in [0, 0.1) is 13.8 Å². The predicted molar refractivity (Wildman–Crippen MR) is 104 cm³/mol. The molecule has 8 heteroatoms. The van der Waals surface area contributed by atoms with Crippen LogP contribution in [0.15, 0.2) is 53.4 Å². The van der Waals surface area contributed by atoms with Crippen LogP contribution in [0.2, 0.25) is 10.0 Å². The van der Waals surface area contributed by atoms with Gasteiger partial charge in [0.15, 0.2) is 0 Å². The maximum absolute atomic E-state index is 12.6. The highest BCUT2D eigenvalue weighted by Crippen LogP contribution is 2.29. The van der Waals surface area contributed by atoms with Crippen LogP contribution in [-0.4, -0.2) is 18.2 Å². The monoisotopic (exact) mass is 409 g/mol. The Hall–Kier alpha value is -1.86. The molecule has 1 aromatic heterocycles. The summed E-state index contributed by atoms with van der Waals surface area (Å²) < 4.78 is 29.6. The number of nitrogens with zero attached hydrogens (tertiary/aromatic N) is 2. The van der Waals surface area contributed by atoms with Gasteiger partial charge in [0.05, 0.1) is 21.4 Å². The molecule has 0 saturated carbocycles. The minimum atomic E-state index is -3.80. The third-order valence-corrected chi connectivity index (χ3v) is 6.46. The second kappa shape index (κ2) is 7.40. The van der Waals surface area contributed by atoms with Crippen molar-refractivity contribution in [1.29, 1.82) is 0 Å². The van der Waals surface area contributed by atoms with E-state index in [0.717, 1.165) is 22.6 Å². The third-order valence-electron chi connectivity index (χ3n) is 4.09. The molecule has 3 aromatic rings. The van der Waals surface area contributed by atoms with Crippen LogP contribution in [0.4, 0.5) is 0 Å². The van der Waals surface area contributed by atoms with Gasteiger partial charge < -0.3 is 0 Å². The number of nitrogens with one attached hydrogen (secondary N) is 1. The van der Waals surface area contributed by atoms with E-state index in [0.29, 0.717) is 0 Å². The topological polar surface area (TPSA) is 64.0 Å². The molecule has 0 saturated heterocycles. The molecule has 3 rings (SSSR count). The van der Waals surface area contributed by atoms with E-state index in [2.05, 4.69) is 9.82 Å². The molecule has 0 atom stereocenters. The van der Waals surface area contributed by atoms with Gasteiger partial charge in [0, 0.05) is 17.8 Å². The smallest absolute Gasteiger partial charge is 0.238 e. The van der Waals surface area contributed by atoms with Crippen molar-refractivity contribution in [2.75, 3.05) is 0 Å². The average molecular weight is 410 g/mol. The maximum atomic E-state index is 12.6. The largest absolute Gasteiger partial charge is 0.242 e. The fourth-order valence-corrected chi connectivity index (χ4v) is 4.44. The molecular weight excluding hydrogens is 393 g/mol. The summed E-state index contributed by atoms with van der Waals surface area (Å²) in [4.78, 5) is -0.0441. The summed E-state index contributed by atoms with van der Waals surface area (Å²) in [7, 11) is -3.80. The quantitative estimate of drug-likeness (QED) is 0.683. The number of aryl methyl sites for hydroxylation is 1. The lowest BCUT2D eigenvalue weighted by Gasteiger charge is -2.10. The Balaban J connectivity index is 1.89. The predicted octanol–water partition coefficient (Wildman–Crippen LogP) is 4.27. The van der Waals surface area contributed by atoms with Gasteiger partial charge in [-0.2, -0.15) is 5.10 Å². The molecule has 0 aliphatic rings. The fourth-order valence-electron chi connectivity index (χ4n) is 2.69. The number of rotatable bonds is 5. The van der Waals surface area contributed by atoms with Crippen molar-refractivity contribution in [3.05, 3.63) is 75.5 Å². The summed E-state index contributed by atoms with van der Waals surface area (Å²) in [6.45, 7) is 3.86. The summed E-state index contributed by atoms with van der Waals surface area (Å²) in [5, 5.41) is 4.72. The van der Waals surface area contributed by atoms with Gasteiger partial charge in [-0.25, -0.2) is 17.8 Å². The van der Waals surface area contributed by atoms with Gasteiger partial charge in [-0.05, 0) is 38.1 Å². The van der Waals surface area contributed by atoms with Crippen LogP contribution in [-0.2, 0) is 16.6 Å². The Labute approximate surface area is 162 Å². The van der Waals surface area contributed by atoms with Gasteiger partial charge in [0.2, 0.25) is 10.0 Å². The number of sulfonamides is 1. The first kappa shape index (κ1) is 18.9. The van der Waals surface area contributed by atoms with Gasteiger partial charge >= 0.3 is 0 Å². The number of halogens is 2. The first-order valence-corrected chi connectivity index (χ1v) is 10.1.